The first-order valence-electron chi connectivity index (χ1n) is 9.96. The molecule has 3 aromatic heterocycles. The van der Waals surface area contributed by atoms with Crippen LogP contribution in [0, 0.1) is 0 Å². The minimum absolute atomic E-state index is 0.0947. The van der Waals surface area contributed by atoms with Crippen LogP contribution < -0.4 is 4.90 Å². The zero-order valence-electron chi connectivity index (χ0n) is 17.9. The van der Waals surface area contributed by atoms with Gasteiger partial charge >= 0.3 is 0 Å². The molecule has 0 aromatic carbocycles. The van der Waals surface area contributed by atoms with Gasteiger partial charge in [-0.25, -0.2) is 14.6 Å². The van der Waals surface area contributed by atoms with Crippen LogP contribution in [0.1, 0.15) is 36.8 Å². The molecule has 3 heterocycles. The number of aromatic nitrogens is 4. The molecule has 0 atom stereocenters. The third-order valence-corrected chi connectivity index (χ3v) is 4.87. The predicted molar refractivity (Wildman–Crippen MR) is 116 cm³/mol. The fraction of sp³-hybridized carbons (Fsp3) is 0.364. The molecule has 0 aliphatic carbocycles. The van der Waals surface area contributed by atoms with Crippen LogP contribution in [0.4, 0.5) is 5.82 Å². The minimum atomic E-state index is -1.01. The van der Waals surface area contributed by atoms with Crippen molar-refractivity contribution in [1.82, 2.24) is 24.6 Å². The quantitative estimate of drug-likeness (QED) is 0.616. The average Bonchev–Trinajstić information content (AvgIpc) is 3.28. The summed E-state index contributed by atoms with van der Waals surface area (Å²) in [5.41, 5.74) is 0.105. The number of aliphatic hydroxyl groups is 1. The van der Waals surface area contributed by atoms with E-state index in [-0.39, 0.29) is 5.91 Å². The van der Waals surface area contributed by atoms with Crippen molar-refractivity contribution in [3.05, 3.63) is 66.2 Å². The van der Waals surface area contributed by atoms with Gasteiger partial charge in [0, 0.05) is 45.3 Å². The van der Waals surface area contributed by atoms with Gasteiger partial charge in [0.15, 0.2) is 5.82 Å². The van der Waals surface area contributed by atoms with Crippen molar-refractivity contribution in [2.24, 2.45) is 0 Å². The molecule has 0 spiro atoms. The Morgan fingerprint density at radius 3 is 2.60 bits per heavy atom. The second kappa shape index (κ2) is 9.04. The van der Waals surface area contributed by atoms with E-state index in [1.54, 1.807) is 66.3 Å². The van der Waals surface area contributed by atoms with Gasteiger partial charge in [0.1, 0.15) is 11.4 Å². The molecule has 3 aromatic rings. The molecular formula is C22H28N6O2. The SMILES string of the molecule is CCN(CCN(C)c1cccc(C(C)(C)O)n1)C(=O)c1cccnc1-n1cccn1. The van der Waals surface area contributed by atoms with E-state index in [9.17, 15) is 9.90 Å². The Balaban J connectivity index is 1.73. The first-order chi connectivity index (χ1) is 14.3. The summed E-state index contributed by atoms with van der Waals surface area (Å²) in [5.74, 6) is 1.17. The highest BCUT2D eigenvalue weighted by molar-refractivity contribution is 5.97. The maximum absolute atomic E-state index is 13.2. The molecule has 3 rings (SSSR count). The van der Waals surface area contributed by atoms with E-state index in [1.165, 1.54) is 0 Å². The van der Waals surface area contributed by atoms with Gasteiger partial charge in [-0.2, -0.15) is 5.10 Å². The number of anilines is 1. The second-order valence-corrected chi connectivity index (χ2v) is 7.57. The van der Waals surface area contributed by atoms with E-state index < -0.39 is 5.60 Å². The van der Waals surface area contributed by atoms with Gasteiger partial charge in [-0.15, -0.1) is 0 Å². The van der Waals surface area contributed by atoms with Crippen LogP contribution in [-0.4, -0.2) is 62.3 Å². The smallest absolute Gasteiger partial charge is 0.257 e. The number of carbonyl (C=O) groups excluding carboxylic acids is 1. The Hall–Kier alpha value is -3.26. The molecule has 0 saturated heterocycles. The Labute approximate surface area is 176 Å². The number of hydrogen-bond acceptors (Lipinski definition) is 6. The van der Waals surface area contributed by atoms with Crippen LogP contribution in [0.25, 0.3) is 5.82 Å². The van der Waals surface area contributed by atoms with Gasteiger partial charge in [0.25, 0.3) is 5.91 Å². The average molecular weight is 409 g/mol. The van der Waals surface area contributed by atoms with E-state index >= 15 is 0 Å². The molecule has 0 aliphatic rings. The standard InChI is InChI=1S/C22H28N6O2/c1-5-27(16-15-26(4)19-11-6-10-18(25-19)22(2,3)30)21(29)17-9-7-12-23-20(17)28-14-8-13-24-28/h6-14,30H,5,15-16H2,1-4H3. The van der Waals surface area contributed by atoms with E-state index in [4.69, 9.17) is 0 Å². The van der Waals surface area contributed by atoms with Crippen molar-refractivity contribution in [3.63, 3.8) is 0 Å². The number of nitrogens with zero attached hydrogens (tertiary/aromatic N) is 6. The second-order valence-electron chi connectivity index (χ2n) is 7.57. The molecule has 30 heavy (non-hydrogen) atoms. The van der Waals surface area contributed by atoms with Gasteiger partial charge < -0.3 is 14.9 Å². The maximum atomic E-state index is 13.2. The molecule has 1 amide bonds. The third kappa shape index (κ3) is 4.83. The molecule has 8 nitrogen and oxygen atoms in total. The maximum Gasteiger partial charge on any atom is 0.257 e. The molecule has 1 N–H and O–H groups in total. The fourth-order valence-corrected chi connectivity index (χ4v) is 3.08. The van der Waals surface area contributed by atoms with Crippen LogP contribution in [0.5, 0.6) is 0 Å². The highest BCUT2D eigenvalue weighted by atomic mass is 16.3. The number of amides is 1. The van der Waals surface area contributed by atoms with Gasteiger partial charge in [0.2, 0.25) is 0 Å². The lowest BCUT2D eigenvalue weighted by atomic mass is 10.1. The molecule has 0 radical (unpaired) electrons. The first kappa shape index (κ1) is 21.4. The van der Waals surface area contributed by atoms with Crippen molar-refractivity contribution >= 4 is 11.7 Å². The van der Waals surface area contributed by atoms with Crippen LogP contribution in [0.15, 0.2) is 55.0 Å². The fourth-order valence-electron chi connectivity index (χ4n) is 3.08. The molecule has 0 saturated carbocycles. The highest BCUT2D eigenvalue weighted by Crippen LogP contribution is 2.20. The van der Waals surface area contributed by atoms with E-state index in [1.807, 2.05) is 31.0 Å². The highest BCUT2D eigenvalue weighted by Gasteiger charge is 2.21. The number of carbonyl (C=O) groups is 1. The largest absolute Gasteiger partial charge is 0.384 e. The summed E-state index contributed by atoms with van der Waals surface area (Å²) in [6.07, 6.45) is 5.08. The zero-order chi connectivity index (χ0) is 21.7. The van der Waals surface area contributed by atoms with Crippen molar-refractivity contribution in [1.29, 1.82) is 0 Å². The lowest BCUT2D eigenvalue weighted by molar-refractivity contribution is 0.0739. The van der Waals surface area contributed by atoms with Gasteiger partial charge in [-0.1, -0.05) is 6.07 Å². The first-order valence-corrected chi connectivity index (χ1v) is 9.96. The number of pyridine rings is 2. The lowest BCUT2D eigenvalue weighted by Gasteiger charge is -2.26. The van der Waals surface area contributed by atoms with Crippen LogP contribution in [0.3, 0.4) is 0 Å². The van der Waals surface area contributed by atoms with Crippen molar-refractivity contribution in [3.8, 4) is 5.82 Å². The Morgan fingerprint density at radius 2 is 1.93 bits per heavy atom. The summed E-state index contributed by atoms with van der Waals surface area (Å²) < 4.78 is 1.60. The van der Waals surface area contributed by atoms with E-state index in [0.717, 1.165) is 5.82 Å². The summed E-state index contributed by atoms with van der Waals surface area (Å²) >= 11 is 0. The summed E-state index contributed by atoms with van der Waals surface area (Å²) in [4.78, 5) is 25.9. The van der Waals surface area contributed by atoms with Gasteiger partial charge in [-0.05, 0) is 51.1 Å². The van der Waals surface area contributed by atoms with Gasteiger partial charge in [-0.3, -0.25) is 4.79 Å². The minimum Gasteiger partial charge on any atom is -0.384 e. The molecule has 8 heteroatoms. The van der Waals surface area contributed by atoms with Crippen LogP contribution >= 0.6 is 0 Å². The molecule has 158 valence electrons. The number of rotatable bonds is 8. The molecular weight excluding hydrogens is 380 g/mol. The molecule has 0 aliphatic heterocycles. The van der Waals surface area contributed by atoms with Gasteiger partial charge in [0.05, 0.1) is 11.3 Å². The Kier molecular flexibility index (Phi) is 6.47. The van der Waals surface area contributed by atoms with Crippen molar-refractivity contribution < 1.29 is 9.90 Å². The van der Waals surface area contributed by atoms with E-state index in [0.29, 0.717) is 36.7 Å². The normalized spacial score (nSPS) is 11.4. The zero-order valence-corrected chi connectivity index (χ0v) is 17.9. The summed E-state index contributed by atoms with van der Waals surface area (Å²) in [6.45, 7) is 7.06. The number of hydrogen-bond donors (Lipinski definition) is 1. The van der Waals surface area contributed by atoms with Crippen molar-refractivity contribution in [2.45, 2.75) is 26.4 Å². The monoisotopic (exact) mass is 408 g/mol. The van der Waals surface area contributed by atoms with Crippen molar-refractivity contribution in [2.75, 3.05) is 31.6 Å². The third-order valence-electron chi connectivity index (χ3n) is 4.87. The van der Waals surface area contributed by atoms with Crippen LogP contribution in [-0.2, 0) is 5.60 Å². The molecule has 0 bridgehead atoms. The summed E-state index contributed by atoms with van der Waals surface area (Å²) in [7, 11) is 1.92. The summed E-state index contributed by atoms with van der Waals surface area (Å²) in [6, 6.07) is 10.9. The molecule has 0 unspecified atom stereocenters. The number of likely N-dealkylation sites (N-methyl/N-ethyl adjacent to an activating group) is 2. The summed E-state index contributed by atoms with van der Waals surface area (Å²) in [5, 5.41) is 14.4. The molecule has 0 fully saturated rings. The predicted octanol–water partition coefficient (Wildman–Crippen LogP) is 2.49. The lowest BCUT2D eigenvalue weighted by Crippen LogP contribution is -2.38. The Bertz CT molecular complexity index is 981. The van der Waals surface area contributed by atoms with Crippen LogP contribution in [0.2, 0.25) is 0 Å². The van der Waals surface area contributed by atoms with E-state index in [2.05, 4.69) is 15.1 Å². The topological polar surface area (TPSA) is 87.4 Å². The Morgan fingerprint density at radius 1 is 1.13 bits per heavy atom.